The first kappa shape index (κ1) is 15.7. The van der Waals surface area contributed by atoms with Gasteiger partial charge in [-0.05, 0) is 26.0 Å². The standard InChI is InChI=1S/C17H19N3O2S/c1-12-11-23-17-18-14(8-16(22)20(12)17)10-19(9-13(2)21)15-6-4-3-5-7-15/h3-8,11,13,21H,9-10H2,1-2H3. The monoisotopic (exact) mass is 329 g/mol. The number of benzene rings is 1. The van der Waals surface area contributed by atoms with Gasteiger partial charge in [0.15, 0.2) is 4.96 Å². The molecule has 0 bridgehead atoms. The second kappa shape index (κ2) is 6.52. The molecule has 0 aliphatic rings. The van der Waals surface area contributed by atoms with Gasteiger partial charge in [-0.25, -0.2) is 4.98 Å². The Balaban J connectivity index is 1.95. The number of aromatic nitrogens is 2. The average Bonchev–Trinajstić information content (AvgIpc) is 2.89. The summed E-state index contributed by atoms with van der Waals surface area (Å²) in [7, 11) is 0. The molecule has 23 heavy (non-hydrogen) atoms. The lowest BCUT2D eigenvalue weighted by molar-refractivity contribution is 0.199. The zero-order valence-electron chi connectivity index (χ0n) is 13.1. The SMILES string of the molecule is Cc1csc2nc(CN(CC(C)O)c3ccccc3)cc(=O)n12. The Morgan fingerprint density at radius 1 is 1.35 bits per heavy atom. The molecule has 0 saturated carbocycles. The molecular weight excluding hydrogens is 310 g/mol. The smallest absolute Gasteiger partial charge is 0.259 e. The molecule has 2 heterocycles. The molecule has 0 radical (unpaired) electrons. The summed E-state index contributed by atoms with van der Waals surface area (Å²) in [6.45, 7) is 4.62. The molecular formula is C17H19N3O2S. The molecule has 2 aromatic heterocycles. The van der Waals surface area contributed by atoms with Gasteiger partial charge in [-0.2, -0.15) is 0 Å². The maximum atomic E-state index is 12.3. The van der Waals surface area contributed by atoms with E-state index in [4.69, 9.17) is 0 Å². The van der Waals surface area contributed by atoms with Crippen molar-refractivity contribution in [3.8, 4) is 0 Å². The molecule has 0 spiro atoms. The summed E-state index contributed by atoms with van der Waals surface area (Å²) in [5, 5.41) is 11.7. The van der Waals surface area contributed by atoms with Crippen molar-refractivity contribution in [3.05, 3.63) is 63.5 Å². The van der Waals surface area contributed by atoms with Crippen molar-refractivity contribution in [1.82, 2.24) is 9.38 Å². The molecule has 1 unspecified atom stereocenters. The number of hydrogen-bond acceptors (Lipinski definition) is 5. The summed E-state index contributed by atoms with van der Waals surface area (Å²) < 4.78 is 1.62. The molecule has 5 nitrogen and oxygen atoms in total. The van der Waals surface area contributed by atoms with Crippen LogP contribution in [-0.4, -0.2) is 27.1 Å². The molecule has 1 atom stereocenters. The molecule has 0 fully saturated rings. The summed E-state index contributed by atoms with van der Waals surface area (Å²) in [5.74, 6) is 0. The Morgan fingerprint density at radius 2 is 2.09 bits per heavy atom. The molecule has 0 aliphatic heterocycles. The Hall–Kier alpha value is -2.18. The largest absolute Gasteiger partial charge is 0.392 e. The minimum Gasteiger partial charge on any atom is -0.392 e. The molecule has 3 rings (SSSR count). The maximum Gasteiger partial charge on any atom is 0.259 e. The van der Waals surface area contributed by atoms with E-state index >= 15 is 0 Å². The topological polar surface area (TPSA) is 57.8 Å². The number of aliphatic hydroxyl groups is 1. The normalized spacial score (nSPS) is 12.5. The van der Waals surface area contributed by atoms with Gasteiger partial charge in [-0.15, -0.1) is 11.3 Å². The molecule has 0 amide bonds. The highest BCUT2D eigenvalue weighted by Gasteiger charge is 2.13. The van der Waals surface area contributed by atoms with Crippen LogP contribution in [0.5, 0.6) is 0 Å². The van der Waals surface area contributed by atoms with Crippen LogP contribution in [0.3, 0.4) is 0 Å². The van der Waals surface area contributed by atoms with Crippen LogP contribution >= 0.6 is 11.3 Å². The number of thiazole rings is 1. The minimum absolute atomic E-state index is 0.0613. The van der Waals surface area contributed by atoms with Crippen molar-refractivity contribution in [3.63, 3.8) is 0 Å². The van der Waals surface area contributed by atoms with E-state index in [1.807, 2.05) is 47.5 Å². The number of hydrogen-bond donors (Lipinski definition) is 1. The van der Waals surface area contributed by atoms with E-state index < -0.39 is 6.10 Å². The predicted molar refractivity (Wildman–Crippen MR) is 93.2 cm³/mol. The molecule has 1 aromatic carbocycles. The third-order valence-corrected chi connectivity index (χ3v) is 4.53. The van der Waals surface area contributed by atoms with Crippen LogP contribution < -0.4 is 10.5 Å². The summed E-state index contributed by atoms with van der Waals surface area (Å²) in [6, 6.07) is 11.4. The fraction of sp³-hybridized carbons (Fsp3) is 0.294. The van der Waals surface area contributed by atoms with Crippen molar-refractivity contribution < 1.29 is 5.11 Å². The Bertz CT molecular complexity index is 855. The van der Waals surface area contributed by atoms with Gasteiger partial charge in [-0.1, -0.05) is 18.2 Å². The lowest BCUT2D eigenvalue weighted by atomic mass is 10.2. The summed E-state index contributed by atoms with van der Waals surface area (Å²) in [5.41, 5.74) is 2.55. The summed E-state index contributed by atoms with van der Waals surface area (Å²) in [6.07, 6.45) is -0.469. The van der Waals surface area contributed by atoms with Crippen LogP contribution in [0.4, 0.5) is 5.69 Å². The van der Waals surface area contributed by atoms with Gasteiger partial charge in [0.05, 0.1) is 18.3 Å². The van der Waals surface area contributed by atoms with E-state index in [9.17, 15) is 9.90 Å². The summed E-state index contributed by atoms with van der Waals surface area (Å²) in [4.78, 5) is 19.6. The van der Waals surface area contributed by atoms with Gasteiger partial charge >= 0.3 is 0 Å². The van der Waals surface area contributed by atoms with Crippen LogP contribution in [0.1, 0.15) is 18.3 Å². The highest BCUT2D eigenvalue weighted by Crippen LogP contribution is 2.17. The van der Waals surface area contributed by atoms with E-state index in [1.165, 1.54) is 11.3 Å². The first-order chi connectivity index (χ1) is 11.0. The van der Waals surface area contributed by atoms with Gasteiger partial charge in [-0.3, -0.25) is 9.20 Å². The van der Waals surface area contributed by atoms with Crippen molar-refractivity contribution in [2.24, 2.45) is 0 Å². The Morgan fingerprint density at radius 3 is 2.78 bits per heavy atom. The first-order valence-electron chi connectivity index (χ1n) is 7.49. The van der Waals surface area contributed by atoms with Crippen LogP contribution in [0, 0.1) is 6.92 Å². The minimum atomic E-state index is -0.469. The maximum absolute atomic E-state index is 12.3. The van der Waals surface area contributed by atoms with Crippen molar-refractivity contribution in [1.29, 1.82) is 0 Å². The molecule has 0 saturated heterocycles. The lowest BCUT2D eigenvalue weighted by Gasteiger charge is -2.25. The van der Waals surface area contributed by atoms with E-state index in [2.05, 4.69) is 4.98 Å². The number of fused-ring (bicyclic) bond motifs is 1. The molecule has 6 heteroatoms. The first-order valence-corrected chi connectivity index (χ1v) is 8.37. The Kier molecular flexibility index (Phi) is 4.45. The molecule has 0 aliphatic carbocycles. The van der Waals surface area contributed by atoms with Crippen LogP contribution in [0.25, 0.3) is 4.96 Å². The molecule has 3 aromatic rings. The third kappa shape index (κ3) is 3.43. The highest BCUT2D eigenvalue weighted by atomic mass is 32.1. The van der Waals surface area contributed by atoms with Gasteiger partial charge < -0.3 is 10.0 Å². The molecule has 1 N–H and O–H groups in total. The van der Waals surface area contributed by atoms with Crippen molar-refractivity contribution in [2.75, 3.05) is 11.4 Å². The summed E-state index contributed by atoms with van der Waals surface area (Å²) >= 11 is 1.46. The number of para-hydroxylation sites is 1. The fourth-order valence-corrected chi connectivity index (χ4v) is 3.49. The van der Waals surface area contributed by atoms with Crippen molar-refractivity contribution in [2.45, 2.75) is 26.5 Å². The van der Waals surface area contributed by atoms with Crippen LogP contribution in [0.15, 0.2) is 46.6 Å². The lowest BCUT2D eigenvalue weighted by Crippen LogP contribution is -2.31. The van der Waals surface area contributed by atoms with E-state index in [1.54, 1.807) is 17.4 Å². The van der Waals surface area contributed by atoms with E-state index in [0.29, 0.717) is 23.7 Å². The van der Waals surface area contributed by atoms with Crippen molar-refractivity contribution >= 4 is 22.0 Å². The highest BCUT2D eigenvalue weighted by molar-refractivity contribution is 7.15. The zero-order chi connectivity index (χ0) is 16.4. The second-order valence-electron chi connectivity index (χ2n) is 5.65. The van der Waals surface area contributed by atoms with Crippen LogP contribution in [0.2, 0.25) is 0 Å². The van der Waals surface area contributed by atoms with Gasteiger partial charge in [0.25, 0.3) is 5.56 Å². The third-order valence-electron chi connectivity index (χ3n) is 3.59. The predicted octanol–water partition coefficient (Wildman–Crippen LogP) is 2.45. The number of anilines is 1. The number of nitrogens with zero attached hydrogens (tertiary/aromatic N) is 3. The average molecular weight is 329 g/mol. The number of rotatable bonds is 5. The quantitative estimate of drug-likeness (QED) is 0.781. The Labute approximate surface area is 138 Å². The van der Waals surface area contributed by atoms with Crippen LogP contribution in [-0.2, 0) is 6.54 Å². The number of aliphatic hydroxyl groups excluding tert-OH is 1. The fourth-order valence-electron chi connectivity index (χ4n) is 2.60. The van der Waals surface area contributed by atoms with E-state index in [-0.39, 0.29) is 5.56 Å². The molecule has 120 valence electrons. The zero-order valence-corrected chi connectivity index (χ0v) is 14.0. The van der Waals surface area contributed by atoms with E-state index in [0.717, 1.165) is 11.4 Å². The van der Waals surface area contributed by atoms with Gasteiger partial charge in [0.1, 0.15) is 0 Å². The van der Waals surface area contributed by atoms with Gasteiger partial charge in [0, 0.05) is 29.4 Å². The second-order valence-corrected chi connectivity index (χ2v) is 6.48. The number of aryl methyl sites for hydroxylation is 1. The van der Waals surface area contributed by atoms with Gasteiger partial charge in [0.2, 0.25) is 0 Å².